The van der Waals surface area contributed by atoms with Gasteiger partial charge in [-0.15, -0.1) is 0 Å². The Hall–Kier alpha value is -0.300. The predicted molar refractivity (Wildman–Crippen MR) is 87.9 cm³/mol. The molecule has 0 nitrogen and oxygen atoms in total. The Labute approximate surface area is 127 Å². The van der Waals surface area contributed by atoms with Gasteiger partial charge in [0.2, 0.25) is 0 Å². The molecule has 19 heavy (non-hydrogen) atoms. The maximum Gasteiger partial charge on any atom is 0.0181 e. The van der Waals surface area contributed by atoms with Crippen LogP contribution in [0.1, 0.15) is 51.2 Å². The Kier molecular flexibility index (Phi) is 4.76. The molecule has 3 unspecified atom stereocenters. The normalized spacial score (nSPS) is 28.4. The van der Waals surface area contributed by atoms with E-state index in [0.717, 1.165) is 11.8 Å². The topological polar surface area (TPSA) is 0 Å². The Morgan fingerprint density at radius 1 is 1.26 bits per heavy atom. The number of hydrogen-bond acceptors (Lipinski definition) is 0. The van der Waals surface area contributed by atoms with Crippen molar-refractivity contribution in [1.82, 2.24) is 0 Å². The summed E-state index contributed by atoms with van der Waals surface area (Å²) < 4.78 is 0. The zero-order valence-corrected chi connectivity index (χ0v) is 14.3. The molecule has 1 fully saturated rings. The van der Waals surface area contributed by atoms with Crippen molar-refractivity contribution in [2.24, 2.45) is 17.3 Å². The summed E-state index contributed by atoms with van der Waals surface area (Å²) in [5.41, 5.74) is 3.24. The first-order valence-electron chi connectivity index (χ1n) is 7.58. The molecule has 1 aromatic carbocycles. The Morgan fingerprint density at radius 2 is 2.00 bits per heavy atom. The molecule has 0 amide bonds. The first kappa shape index (κ1) is 15.1. The van der Waals surface area contributed by atoms with Crippen LogP contribution in [0.2, 0.25) is 0 Å². The second-order valence-electron chi connectivity index (χ2n) is 7.20. The van der Waals surface area contributed by atoms with Crippen molar-refractivity contribution in [1.29, 1.82) is 0 Å². The fourth-order valence-electron chi connectivity index (χ4n) is 3.67. The molecule has 106 valence electrons. The van der Waals surface area contributed by atoms with E-state index in [9.17, 15) is 0 Å². The summed E-state index contributed by atoms with van der Waals surface area (Å²) in [4.78, 5) is 0.691. The average molecular weight is 323 g/mol. The van der Waals surface area contributed by atoms with E-state index < -0.39 is 0 Å². The van der Waals surface area contributed by atoms with Gasteiger partial charge in [-0.2, -0.15) is 0 Å². The van der Waals surface area contributed by atoms with Gasteiger partial charge in [0.15, 0.2) is 0 Å². The van der Waals surface area contributed by atoms with E-state index in [4.69, 9.17) is 0 Å². The zero-order chi connectivity index (χ0) is 14.0. The van der Waals surface area contributed by atoms with Crippen LogP contribution >= 0.6 is 15.9 Å². The molecule has 0 aromatic heterocycles. The van der Waals surface area contributed by atoms with Gasteiger partial charge in [0.25, 0.3) is 0 Å². The van der Waals surface area contributed by atoms with Crippen molar-refractivity contribution in [3.05, 3.63) is 35.4 Å². The van der Waals surface area contributed by atoms with Crippen molar-refractivity contribution >= 4 is 15.9 Å². The first-order valence-corrected chi connectivity index (χ1v) is 8.49. The molecule has 3 atom stereocenters. The molecule has 0 aliphatic heterocycles. The van der Waals surface area contributed by atoms with Gasteiger partial charge in [0.05, 0.1) is 0 Å². The van der Waals surface area contributed by atoms with Crippen LogP contribution in [0.5, 0.6) is 0 Å². The van der Waals surface area contributed by atoms with Crippen molar-refractivity contribution < 1.29 is 0 Å². The first-order chi connectivity index (χ1) is 8.88. The summed E-state index contributed by atoms with van der Waals surface area (Å²) in [5, 5.41) is 0. The Balaban J connectivity index is 2.09. The van der Waals surface area contributed by atoms with E-state index in [-0.39, 0.29) is 0 Å². The van der Waals surface area contributed by atoms with Gasteiger partial charge in [-0.25, -0.2) is 0 Å². The highest BCUT2D eigenvalue weighted by Gasteiger charge is 2.37. The van der Waals surface area contributed by atoms with Crippen LogP contribution in [0.25, 0.3) is 0 Å². The Bertz CT molecular complexity index is 421. The molecule has 0 heterocycles. The summed E-state index contributed by atoms with van der Waals surface area (Å²) in [6, 6.07) is 9.00. The van der Waals surface area contributed by atoms with E-state index in [1.165, 1.54) is 36.8 Å². The quantitative estimate of drug-likeness (QED) is 0.620. The third kappa shape index (κ3) is 3.84. The van der Waals surface area contributed by atoms with Gasteiger partial charge in [-0.1, -0.05) is 73.0 Å². The fourth-order valence-corrected chi connectivity index (χ4v) is 5.29. The van der Waals surface area contributed by atoms with Gasteiger partial charge in [0, 0.05) is 4.83 Å². The highest BCUT2D eigenvalue weighted by molar-refractivity contribution is 9.09. The molecule has 0 N–H and O–H groups in total. The van der Waals surface area contributed by atoms with Crippen molar-refractivity contribution in [3.8, 4) is 0 Å². The number of benzene rings is 1. The lowest BCUT2D eigenvalue weighted by Crippen LogP contribution is -2.37. The lowest BCUT2D eigenvalue weighted by Gasteiger charge is -2.42. The smallest absolute Gasteiger partial charge is 0.0181 e. The number of halogens is 1. The molecule has 0 radical (unpaired) electrons. The molecular weight excluding hydrogens is 296 g/mol. The third-order valence-electron chi connectivity index (χ3n) is 4.78. The molecule has 0 spiro atoms. The summed E-state index contributed by atoms with van der Waals surface area (Å²) in [6.45, 7) is 9.47. The summed E-state index contributed by atoms with van der Waals surface area (Å²) >= 11 is 3.96. The number of hydrogen-bond donors (Lipinski definition) is 0. The second-order valence-corrected chi connectivity index (χ2v) is 8.37. The van der Waals surface area contributed by atoms with Crippen LogP contribution in [0.4, 0.5) is 0 Å². The lowest BCUT2D eigenvalue weighted by molar-refractivity contribution is 0.147. The highest BCUT2D eigenvalue weighted by Crippen LogP contribution is 2.45. The van der Waals surface area contributed by atoms with E-state index >= 15 is 0 Å². The van der Waals surface area contributed by atoms with E-state index in [0.29, 0.717) is 10.2 Å². The largest absolute Gasteiger partial charge is 0.0887 e. The number of aryl methyl sites for hydroxylation is 1. The van der Waals surface area contributed by atoms with Gasteiger partial charge >= 0.3 is 0 Å². The average Bonchev–Trinajstić information content (AvgIpc) is 2.27. The van der Waals surface area contributed by atoms with E-state index in [1.54, 1.807) is 0 Å². The maximum absolute atomic E-state index is 3.96. The number of alkyl halides is 1. The summed E-state index contributed by atoms with van der Waals surface area (Å²) in [5.74, 6) is 1.68. The summed E-state index contributed by atoms with van der Waals surface area (Å²) in [7, 11) is 0. The van der Waals surface area contributed by atoms with Crippen LogP contribution in [0.3, 0.4) is 0 Å². The number of rotatable bonds is 3. The van der Waals surface area contributed by atoms with Crippen LogP contribution in [-0.4, -0.2) is 4.83 Å². The van der Waals surface area contributed by atoms with Gasteiger partial charge in [0.1, 0.15) is 0 Å². The monoisotopic (exact) mass is 322 g/mol. The van der Waals surface area contributed by atoms with Crippen molar-refractivity contribution in [3.63, 3.8) is 0 Å². The zero-order valence-electron chi connectivity index (χ0n) is 12.7. The minimum absolute atomic E-state index is 0.377. The van der Waals surface area contributed by atoms with Crippen molar-refractivity contribution in [2.45, 2.75) is 58.2 Å². The van der Waals surface area contributed by atoms with Gasteiger partial charge in [-0.3, -0.25) is 0 Å². The van der Waals surface area contributed by atoms with E-state index in [2.05, 4.69) is 67.9 Å². The van der Waals surface area contributed by atoms with Gasteiger partial charge < -0.3 is 0 Å². The molecule has 2 rings (SSSR count). The molecule has 0 bridgehead atoms. The van der Waals surface area contributed by atoms with Crippen LogP contribution in [-0.2, 0) is 6.42 Å². The maximum atomic E-state index is 3.96. The minimum atomic E-state index is 0.377. The standard InChI is InChI=1S/C18H27Br/c1-13-6-5-7-15(10-13)12-18(3,4)16-9-8-14(2)11-17(16)19/h5-7,10,14,16-17H,8-9,11-12H2,1-4H3. The summed E-state index contributed by atoms with van der Waals surface area (Å²) in [6.07, 6.45) is 5.29. The fraction of sp³-hybridized carbons (Fsp3) is 0.667. The predicted octanol–water partition coefficient (Wildman–Crippen LogP) is 5.76. The van der Waals surface area contributed by atoms with Crippen LogP contribution in [0, 0.1) is 24.2 Å². The van der Waals surface area contributed by atoms with Gasteiger partial charge in [-0.05, 0) is 49.0 Å². The van der Waals surface area contributed by atoms with Crippen LogP contribution < -0.4 is 0 Å². The molecule has 1 aliphatic carbocycles. The molecule has 1 saturated carbocycles. The molecule has 1 aliphatic rings. The molecular formula is C18H27Br. The van der Waals surface area contributed by atoms with E-state index in [1.807, 2.05) is 0 Å². The molecule has 0 saturated heterocycles. The Morgan fingerprint density at radius 3 is 2.63 bits per heavy atom. The molecule has 1 heteroatoms. The lowest BCUT2D eigenvalue weighted by atomic mass is 9.66. The second kappa shape index (κ2) is 5.99. The molecule has 1 aromatic rings. The van der Waals surface area contributed by atoms with Crippen LogP contribution in [0.15, 0.2) is 24.3 Å². The highest BCUT2D eigenvalue weighted by atomic mass is 79.9. The van der Waals surface area contributed by atoms with Crippen molar-refractivity contribution in [2.75, 3.05) is 0 Å². The third-order valence-corrected chi connectivity index (χ3v) is 5.79. The minimum Gasteiger partial charge on any atom is -0.0887 e. The SMILES string of the molecule is Cc1cccc(CC(C)(C)C2CCC(C)CC2Br)c1.